The summed E-state index contributed by atoms with van der Waals surface area (Å²) in [5, 5.41) is 3.32. The number of nitrogens with one attached hydrogen (secondary N) is 1. The van der Waals surface area contributed by atoms with Crippen LogP contribution in [0.1, 0.15) is 18.5 Å². The average molecular weight is 234 g/mol. The van der Waals surface area contributed by atoms with Crippen LogP contribution in [0.15, 0.2) is 18.7 Å². The molecule has 1 aromatic rings. The molecule has 2 heterocycles. The largest absolute Gasteiger partial charge is 0.314 e. The van der Waals surface area contributed by atoms with Gasteiger partial charge < -0.3 is 10.1 Å². The number of rotatable bonds is 4. The van der Waals surface area contributed by atoms with Crippen LogP contribution in [0.5, 0.6) is 0 Å². The van der Waals surface area contributed by atoms with Crippen molar-refractivity contribution in [3.63, 3.8) is 0 Å². The fourth-order valence-electron chi connectivity index (χ4n) is 2.34. The van der Waals surface area contributed by atoms with Gasteiger partial charge in [0, 0.05) is 56.1 Å². The smallest absolute Gasteiger partial charge is 0.124 e. The predicted octanol–water partition coefficient (Wildman–Crippen LogP) is 0.258. The maximum Gasteiger partial charge on any atom is 0.124 e. The Labute approximate surface area is 101 Å². The van der Waals surface area contributed by atoms with Crippen LogP contribution < -0.4 is 5.32 Å². The SMILES string of the molecule is CC(C=O)C(c1cncnc1)N1CCNCC1. The highest BCUT2D eigenvalue weighted by Gasteiger charge is 2.27. The fraction of sp³-hybridized carbons (Fsp3) is 0.583. The fourth-order valence-corrected chi connectivity index (χ4v) is 2.34. The molecule has 17 heavy (non-hydrogen) atoms. The number of hydrogen-bond donors (Lipinski definition) is 1. The van der Waals surface area contributed by atoms with Crippen molar-refractivity contribution in [1.29, 1.82) is 0 Å². The molecule has 0 aromatic carbocycles. The van der Waals surface area contributed by atoms with E-state index in [2.05, 4.69) is 20.2 Å². The Hall–Kier alpha value is -1.33. The summed E-state index contributed by atoms with van der Waals surface area (Å²) < 4.78 is 0. The molecule has 1 N–H and O–H groups in total. The van der Waals surface area contributed by atoms with Crippen LogP contribution in [0.4, 0.5) is 0 Å². The molecule has 5 heteroatoms. The van der Waals surface area contributed by atoms with E-state index in [1.54, 1.807) is 12.4 Å². The standard InChI is InChI=1S/C12H18N4O/c1-10(8-17)12(11-6-14-9-15-7-11)16-4-2-13-3-5-16/h6-10,12-13H,2-5H2,1H3. The van der Waals surface area contributed by atoms with Crippen LogP contribution >= 0.6 is 0 Å². The molecule has 0 spiro atoms. The molecule has 92 valence electrons. The highest BCUT2D eigenvalue weighted by atomic mass is 16.1. The van der Waals surface area contributed by atoms with E-state index in [-0.39, 0.29) is 12.0 Å². The second kappa shape index (κ2) is 5.84. The van der Waals surface area contributed by atoms with Crippen LogP contribution in [-0.4, -0.2) is 47.3 Å². The predicted molar refractivity (Wildman–Crippen MR) is 64.4 cm³/mol. The van der Waals surface area contributed by atoms with Gasteiger partial charge in [-0.3, -0.25) is 4.90 Å². The molecule has 2 unspecified atom stereocenters. The van der Waals surface area contributed by atoms with Crippen LogP contribution in [-0.2, 0) is 4.79 Å². The number of aromatic nitrogens is 2. The van der Waals surface area contributed by atoms with E-state index in [1.165, 1.54) is 6.33 Å². The normalized spacial score (nSPS) is 20.8. The molecule has 2 atom stereocenters. The van der Waals surface area contributed by atoms with Crippen molar-refractivity contribution in [2.45, 2.75) is 13.0 Å². The van der Waals surface area contributed by atoms with Crippen molar-refractivity contribution in [2.24, 2.45) is 5.92 Å². The van der Waals surface area contributed by atoms with Crippen LogP contribution in [0.25, 0.3) is 0 Å². The van der Waals surface area contributed by atoms with Crippen molar-refractivity contribution >= 4 is 6.29 Å². The summed E-state index contributed by atoms with van der Waals surface area (Å²) >= 11 is 0. The molecule has 1 fully saturated rings. The third kappa shape index (κ3) is 2.87. The number of carbonyl (C=O) groups is 1. The van der Waals surface area contributed by atoms with Crippen LogP contribution in [0.2, 0.25) is 0 Å². The number of nitrogens with zero attached hydrogens (tertiary/aromatic N) is 3. The van der Waals surface area contributed by atoms with Gasteiger partial charge in [0.1, 0.15) is 12.6 Å². The van der Waals surface area contributed by atoms with Gasteiger partial charge in [0.05, 0.1) is 0 Å². The Bertz CT molecular complexity index is 351. The Morgan fingerprint density at radius 1 is 1.35 bits per heavy atom. The quantitative estimate of drug-likeness (QED) is 0.757. The van der Waals surface area contributed by atoms with Gasteiger partial charge in [-0.25, -0.2) is 9.97 Å². The van der Waals surface area contributed by atoms with Gasteiger partial charge in [-0.15, -0.1) is 0 Å². The van der Waals surface area contributed by atoms with Gasteiger partial charge in [-0.1, -0.05) is 6.92 Å². The minimum Gasteiger partial charge on any atom is -0.314 e. The first-order valence-corrected chi connectivity index (χ1v) is 5.98. The van der Waals surface area contributed by atoms with Crippen molar-refractivity contribution in [3.8, 4) is 0 Å². The maximum atomic E-state index is 11.1. The highest BCUT2D eigenvalue weighted by Crippen LogP contribution is 2.26. The lowest BCUT2D eigenvalue weighted by Crippen LogP contribution is -2.46. The molecule has 0 amide bonds. The zero-order chi connectivity index (χ0) is 12.1. The number of aldehydes is 1. The number of hydrogen-bond acceptors (Lipinski definition) is 5. The second-order valence-electron chi connectivity index (χ2n) is 4.40. The third-order valence-corrected chi connectivity index (χ3v) is 3.18. The molecule has 2 rings (SSSR count). The first-order chi connectivity index (χ1) is 8.33. The van der Waals surface area contributed by atoms with Gasteiger partial charge in [-0.05, 0) is 0 Å². The lowest BCUT2D eigenvalue weighted by Gasteiger charge is -2.36. The third-order valence-electron chi connectivity index (χ3n) is 3.18. The van der Waals surface area contributed by atoms with Crippen molar-refractivity contribution in [3.05, 3.63) is 24.3 Å². The molecule has 1 aliphatic heterocycles. The van der Waals surface area contributed by atoms with E-state index in [4.69, 9.17) is 0 Å². The van der Waals surface area contributed by atoms with E-state index in [0.29, 0.717) is 0 Å². The Balaban J connectivity index is 2.21. The lowest BCUT2D eigenvalue weighted by molar-refractivity contribution is -0.112. The van der Waals surface area contributed by atoms with Crippen molar-refractivity contribution in [1.82, 2.24) is 20.2 Å². The van der Waals surface area contributed by atoms with Crippen LogP contribution in [0.3, 0.4) is 0 Å². The lowest BCUT2D eigenvalue weighted by atomic mass is 9.95. The monoisotopic (exact) mass is 234 g/mol. The van der Waals surface area contributed by atoms with E-state index in [9.17, 15) is 4.79 Å². The Morgan fingerprint density at radius 2 is 2.00 bits per heavy atom. The van der Waals surface area contributed by atoms with E-state index in [0.717, 1.165) is 38.0 Å². The number of piperazine rings is 1. The second-order valence-corrected chi connectivity index (χ2v) is 4.40. The van der Waals surface area contributed by atoms with Crippen LogP contribution in [0, 0.1) is 5.92 Å². The summed E-state index contributed by atoms with van der Waals surface area (Å²) in [6.45, 7) is 5.80. The number of carbonyl (C=O) groups excluding carboxylic acids is 1. The zero-order valence-electron chi connectivity index (χ0n) is 10.0. The van der Waals surface area contributed by atoms with Gasteiger partial charge in [0.2, 0.25) is 0 Å². The highest BCUT2D eigenvalue weighted by molar-refractivity contribution is 5.55. The Morgan fingerprint density at radius 3 is 2.59 bits per heavy atom. The Kier molecular flexibility index (Phi) is 4.17. The molecule has 1 aliphatic rings. The summed E-state index contributed by atoms with van der Waals surface area (Å²) in [5.41, 5.74) is 1.02. The molecule has 0 saturated carbocycles. The molecule has 0 bridgehead atoms. The molecule has 1 aromatic heterocycles. The minimum absolute atomic E-state index is 0.0425. The van der Waals surface area contributed by atoms with Crippen molar-refractivity contribution < 1.29 is 4.79 Å². The molecule has 5 nitrogen and oxygen atoms in total. The zero-order valence-corrected chi connectivity index (χ0v) is 10.0. The molecular weight excluding hydrogens is 216 g/mol. The molecule has 0 aliphatic carbocycles. The average Bonchev–Trinajstić information content (AvgIpc) is 2.41. The first-order valence-electron chi connectivity index (χ1n) is 5.98. The van der Waals surface area contributed by atoms with Gasteiger partial charge in [-0.2, -0.15) is 0 Å². The van der Waals surface area contributed by atoms with Crippen molar-refractivity contribution in [2.75, 3.05) is 26.2 Å². The van der Waals surface area contributed by atoms with E-state index in [1.807, 2.05) is 6.92 Å². The minimum atomic E-state index is -0.0425. The molecular formula is C12H18N4O. The summed E-state index contributed by atoms with van der Waals surface area (Å²) in [4.78, 5) is 21.5. The first kappa shape index (κ1) is 12.1. The maximum absolute atomic E-state index is 11.1. The van der Waals surface area contributed by atoms with E-state index >= 15 is 0 Å². The van der Waals surface area contributed by atoms with Gasteiger partial charge >= 0.3 is 0 Å². The summed E-state index contributed by atoms with van der Waals surface area (Å²) in [6, 6.07) is 0.0933. The molecule has 0 radical (unpaired) electrons. The molecule has 1 saturated heterocycles. The summed E-state index contributed by atoms with van der Waals surface area (Å²) in [7, 11) is 0. The van der Waals surface area contributed by atoms with E-state index < -0.39 is 0 Å². The van der Waals surface area contributed by atoms with Gasteiger partial charge in [0.25, 0.3) is 0 Å². The van der Waals surface area contributed by atoms with Gasteiger partial charge in [0.15, 0.2) is 0 Å². The summed E-state index contributed by atoms with van der Waals surface area (Å²) in [6.07, 6.45) is 6.14. The topological polar surface area (TPSA) is 58.1 Å². The summed E-state index contributed by atoms with van der Waals surface area (Å²) in [5.74, 6) is -0.0425.